The van der Waals surface area contributed by atoms with E-state index in [4.69, 9.17) is 9.26 Å². The molecule has 0 aromatic carbocycles. The molecule has 9 N–H and O–H groups in total. The first-order chi connectivity index (χ1) is 18.0. The molecule has 2 heterocycles. The van der Waals surface area contributed by atoms with Gasteiger partial charge < -0.3 is 45.4 Å². The summed E-state index contributed by atoms with van der Waals surface area (Å²) in [4.78, 5) is 56.6. The van der Waals surface area contributed by atoms with Crippen LogP contribution in [0.15, 0.2) is 21.9 Å². The molecule has 7 unspecified atom stereocenters. The number of nitrogens with one attached hydrogen (secondary N) is 2. The van der Waals surface area contributed by atoms with Crippen LogP contribution in [0, 0.1) is 5.92 Å². The van der Waals surface area contributed by atoms with Gasteiger partial charge in [0.1, 0.15) is 24.4 Å². The molecular formula is C18H29N3O16P2. The minimum absolute atomic E-state index is 0.379. The van der Waals surface area contributed by atoms with E-state index in [2.05, 4.69) is 14.2 Å². The Kier molecular flexibility index (Phi) is 10.0. The Bertz CT molecular complexity index is 1240. The van der Waals surface area contributed by atoms with E-state index in [-0.39, 0.29) is 6.42 Å². The van der Waals surface area contributed by atoms with Crippen LogP contribution in [0.3, 0.4) is 0 Å². The van der Waals surface area contributed by atoms with Crippen molar-refractivity contribution < 1.29 is 67.3 Å². The van der Waals surface area contributed by atoms with Crippen LogP contribution in [0.2, 0.25) is 0 Å². The maximum absolute atomic E-state index is 12.5. The highest BCUT2D eigenvalue weighted by atomic mass is 31.3. The summed E-state index contributed by atoms with van der Waals surface area (Å²) in [5.74, 6) is -1.77. The molecule has 39 heavy (non-hydrogen) atoms. The molecule has 19 nitrogen and oxygen atoms in total. The van der Waals surface area contributed by atoms with Crippen LogP contribution >= 0.6 is 15.6 Å². The fraction of sp³-hybridized carbons (Fsp3) is 0.722. The van der Waals surface area contributed by atoms with Crippen LogP contribution in [-0.4, -0.2) is 107 Å². The van der Waals surface area contributed by atoms with Crippen molar-refractivity contribution in [3.8, 4) is 0 Å². The van der Waals surface area contributed by atoms with Crippen molar-refractivity contribution in [2.45, 2.75) is 62.2 Å². The third-order valence-corrected chi connectivity index (χ3v) is 8.74. The number of aliphatic hydroxyl groups is 5. The van der Waals surface area contributed by atoms with E-state index in [1.807, 2.05) is 4.98 Å². The molecule has 2 fully saturated rings. The van der Waals surface area contributed by atoms with Gasteiger partial charge in [-0.2, -0.15) is 4.31 Å². The third kappa shape index (κ3) is 7.68. The molecule has 222 valence electrons. The van der Waals surface area contributed by atoms with Crippen molar-refractivity contribution in [2.24, 2.45) is 5.92 Å². The van der Waals surface area contributed by atoms with Gasteiger partial charge in [0.2, 0.25) is 5.91 Å². The van der Waals surface area contributed by atoms with E-state index in [1.165, 1.54) is 0 Å². The summed E-state index contributed by atoms with van der Waals surface area (Å²) in [6.07, 6.45) is -10.9. The van der Waals surface area contributed by atoms with E-state index in [1.54, 1.807) is 0 Å². The summed E-state index contributed by atoms with van der Waals surface area (Å²) in [6, 6.07) is -0.534. The molecule has 1 aliphatic carbocycles. The van der Waals surface area contributed by atoms with E-state index in [9.17, 15) is 58.8 Å². The van der Waals surface area contributed by atoms with Gasteiger partial charge in [0.25, 0.3) is 5.56 Å². The molecule has 1 aromatic heterocycles. The standard InChI is InChI=1S/C18H29N3O16P2/c1-7(23)19-12-9(4-8(5-22)13(25)15(12)27)36-39(32,33)37-38(30,31)34-6-10-14(26)16(28)17(35-10)21-3-2-11(24)20-18(21)29/h2-3,8-10,12-17,22,25-28H,4-6H2,1H3,(H,19,23)(H,30,31)(H,32,33)(H,20,24,29)/t8?,9-,10?,12?,13-,14+,15-,16?,17?/m1/s1. The number of nitrogens with zero attached hydrogens (tertiary/aromatic N) is 1. The topological polar surface area (TPSA) is 297 Å². The number of carbonyl (C=O) groups is 1. The van der Waals surface area contributed by atoms with Gasteiger partial charge in [-0.3, -0.25) is 28.2 Å². The summed E-state index contributed by atoms with van der Waals surface area (Å²) in [5, 5.41) is 52.4. The predicted octanol–water partition coefficient (Wildman–Crippen LogP) is -3.99. The SMILES string of the molecule is CC(=O)NC1[C@@H](O)[C@H](O)C(CO)C[C@H]1OP(=O)(O)OP(=O)(O)OCC1OC(n2ccc(=O)[nH]c2=O)C(O)[C@H]1O. The van der Waals surface area contributed by atoms with Crippen LogP contribution in [-0.2, 0) is 32.0 Å². The Balaban J connectivity index is 1.66. The summed E-state index contributed by atoms with van der Waals surface area (Å²) in [5.41, 5.74) is -1.73. The normalized spacial score (nSPS) is 36.2. The highest BCUT2D eigenvalue weighted by Crippen LogP contribution is 2.61. The average Bonchev–Trinajstić information content (AvgIpc) is 3.10. The van der Waals surface area contributed by atoms with Crippen LogP contribution in [0.25, 0.3) is 0 Å². The van der Waals surface area contributed by atoms with E-state index >= 15 is 0 Å². The van der Waals surface area contributed by atoms with Gasteiger partial charge in [-0.25, -0.2) is 13.9 Å². The molecule has 0 spiro atoms. The van der Waals surface area contributed by atoms with Gasteiger partial charge >= 0.3 is 21.3 Å². The molecule has 2 aliphatic rings. The van der Waals surface area contributed by atoms with Crippen LogP contribution in [0.5, 0.6) is 0 Å². The Labute approximate surface area is 218 Å². The second-order valence-corrected chi connectivity index (χ2v) is 11.9. The summed E-state index contributed by atoms with van der Waals surface area (Å²) >= 11 is 0. The maximum Gasteiger partial charge on any atom is 0.481 e. The quantitative estimate of drug-likeness (QED) is 0.115. The minimum atomic E-state index is -5.50. The predicted molar refractivity (Wildman–Crippen MR) is 124 cm³/mol. The lowest BCUT2D eigenvalue weighted by Crippen LogP contribution is -2.61. The summed E-state index contributed by atoms with van der Waals surface area (Å²) in [6.45, 7) is -0.630. The van der Waals surface area contributed by atoms with Crippen molar-refractivity contribution in [3.63, 3.8) is 0 Å². The highest BCUT2D eigenvalue weighted by molar-refractivity contribution is 7.61. The van der Waals surface area contributed by atoms with E-state index in [0.717, 1.165) is 23.8 Å². The molecule has 1 aliphatic heterocycles. The molecule has 0 bridgehead atoms. The fourth-order valence-electron chi connectivity index (χ4n) is 4.24. The van der Waals surface area contributed by atoms with E-state index < -0.39 is 101 Å². The zero-order valence-corrected chi connectivity index (χ0v) is 21.9. The monoisotopic (exact) mass is 605 g/mol. The number of aromatic amines is 1. The average molecular weight is 605 g/mol. The van der Waals surface area contributed by atoms with Crippen LogP contribution in [0.4, 0.5) is 0 Å². The van der Waals surface area contributed by atoms with Crippen molar-refractivity contribution in [3.05, 3.63) is 33.1 Å². The van der Waals surface area contributed by atoms with Crippen molar-refractivity contribution in [2.75, 3.05) is 13.2 Å². The molecule has 1 aromatic rings. The number of hydrogen-bond donors (Lipinski definition) is 9. The first-order valence-electron chi connectivity index (χ1n) is 11.3. The molecule has 11 atom stereocenters. The number of amides is 1. The Hall–Kier alpha value is -1.83. The van der Waals surface area contributed by atoms with Crippen LogP contribution < -0.4 is 16.6 Å². The first kappa shape index (κ1) is 31.7. The maximum atomic E-state index is 12.5. The molecular weight excluding hydrogens is 576 g/mol. The number of ether oxygens (including phenoxy) is 1. The number of phosphoric acid groups is 2. The van der Waals surface area contributed by atoms with Gasteiger partial charge in [-0.1, -0.05) is 0 Å². The number of rotatable bonds is 10. The Morgan fingerprint density at radius 1 is 1.13 bits per heavy atom. The van der Waals surface area contributed by atoms with Gasteiger partial charge in [-0.05, 0) is 6.42 Å². The van der Waals surface area contributed by atoms with Crippen molar-refractivity contribution in [1.82, 2.24) is 14.9 Å². The molecule has 1 saturated heterocycles. The molecule has 0 radical (unpaired) electrons. The van der Waals surface area contributed by atoms with E-state index in [0.29, 0.717) is 0 Å². The number of H-pyrrole nitrogens is 1. The largest absolute Gasteiger partial charge is 0.481 e. The van der Waals surface area contributed by atoms with Crippen molar-refractivity contribution >= 4 is 21.6 Å². The van der Waals surface area contributed by atoms with Crippen molar-refractivity contribution in [1.29, 1.82) is 0 Å². The number of phosphoric ester groups is 2. The first-order valence-corrected chi connectivity index (χ1v) is 14.3. The number of aliphatic hydroxyl groups excluding tert-OH is 5. The minimum Gasteiger partial charge on any atom is -0.396 e. The lowest BCUT2D eigenvalue weighted by Gasteiger charge is -2.42. The second-order valence-electron chi connectivity index (χ2n) is 8.91. The third-order valence-electron chi connectivity index (χ3n) is 6.08. The van der Waals surface area contributed by atoms with Gasteiger partial charge in [-0.15, -0.1) is 0 Å². The number of carbonyl (C=O) groups excluding carboxylic acids is 1. The lowest BCUT2D eigenvalue weighted by atomic mass is 9.80. The van der Waals surface area contributed by atoms with Gasteiger partial charge in [0.15, 0.2) is 6.23 Å². The number of aromatic nitrogens is 2. The second kappa shape index (κ2) is 12.4. The number of hydrogen-bond acceptors (Lipinski definition) is 14. The zero-order chi connectivity index (χ0) is 29.3. The van der Waals surface area contributed by atoms with Gasteiger partial charge in [0, 0.05) is 31.7 Å². The Morgan fingerprint density at radius 2 is 1.79 bits per heavy atom. The molecule has 1 saturated carbocycles. The molecule has 1 amide bonds. The zero-order valence-electron chi connectivity index (χ0n) is 20.1. The molecule has 3 rings (SSSR count). The highest BCUT2D eigenvalue weighted by Gasteiger charge is 2.49. The Morgan fingerprint density at radius 3 is 2.38 bits per heavy atom. The van der Waals surface area contributed by atoms with Crippen LogP contribution in [0.1, 0.15) is 19.6 Å². The smallest absolute Gasteiger partial charge is 0.396 e. The fourth-order valence-corrected chi connectivity index (χ4v) is 6.52. The summed E-state index contributed by atoms with van der Waals surface area (Å²) < 4.78 is 44.6. The molecule has 21 heteroatoms. The lowest BCUT2D eigenvalue weighted by molar-refractivity contribution is -0.133. The summed E-state index contributed by atoms with van der Waals surface area (Å²) in [7, 11) is -11.0. The van der Waals surface area contributed by atoms with Gasteiger partial charge in [0.05, 0.1) is 24.9 Å².